The molecule has 0 bridgehead atoms. The quantitative estimate of drug-likeness (QED) is 0.629. The van der Waals surface area contributed by atoms with Crippen LogP contribution in [-0.2, 0) is 22.1 Å². The summed E-state index contributed by atoms with van der Waals surface area (Å²) in [5.41, 5.74) is -2.94. The Hall–Kier alpha value is -1.73. The number of esters is 1. The number of ether oxygens (including phenoxy) is 1. The van der Waals surface area contributed by atoms with E-state index >= 15 is 0 Å². The van der Waals surface area contributed by atoms with E-state index in [-0.39, 0.29) is 12.2 Å². The van der Waals surface area contributed by atoms with E-state index in [1.165, 1.54) is 0 Å². The summed E-state index contributed by atoms with van der Waals surface area (Å²) in [6, 6.07) is 0.622. The average Bonchev–Trinajstić information content (AvgIpc) is 2.27. The van der Waals surface area contributed by atoms with Crippen molar-refractivity contribution in [3.05, 3.63) is 29.1 Å². The van der Waals surface area contributed by atoms with Crippen LogP contribution >= 0.6 is 0 Å². The van der Waals surface area contributed by atoms with Crippen LogP contribution in [0.3, 0.4) is 0 Å². The minimum absolute atomic E-state index is 0.0539. The highest BCUT2D eigenvalue weighted by Gasteiger charge is 2.37. The number of aromatic nitrogens is 1. The topological polar surface area (TPSA) is 39.2 Å². The summed E-state index contributed by atoms with van der Waals surface area (Å²) in [5, 5.41) is 0. The monoisotopic (exact) mass is 283 g/mol. The fourth-order valence-electron chi connectivity index (χ4n) is 1.41. The van der Waals surface area contributed by atoms with Crippen molar-refractivity contribution >= 4 is 5.97 Å². The molecule has 0 fully saturated rings. The van der Waals surface area contributed by atoms with Crippen molar-refractivity contribution in [1.82, 2.24) is 4.98 Å². The normalized spacial score (nSPS) is 11.7. The number of pyridine rings is 1. The van der Waals surface area contributed by atoms with E-state index in [0.717, 1.165) is 6.20 Å². The number of hydrogen-bond acceptors (Lipinski definition) is 3. The maximum atomic E-state index is 12.6. The van der Waals surface area contributed by atoms with Crippen molar-refractivity contribution in [3.8, 4) is 0 Å². The summed E-state index contributed by atoms with van der Waals surface area (Å²) in [6.07, 6.45) is -7.95. The van der Waals surface area contributed by atoms with E-state index in [9.17, 15) is 26.7 Å². The molecule has 1 aromatic rings. The summed E-state index contributed by atoms with van der Waals surface area (Å²) < 4.78 is 67.0. The lowest BCUT2D eigenvalue weighted by molar-refractivity contribution is -0.143. The lowest BCUT2D eigenvalue weighted by Gasteiger charge is -2.12. The third-order valence-electron chi connectivity index (χ3n) is 2.13. The molecule has 0 aliphatic heterocycles. The Morgan fingerprint density at radius 2 is 2.05 bits per heavy atom. The fourth-order valence-corrected chi connectivity index (χ4v) is 1.41. The van der Waals surface area contributed by atoms with Gasteiger partial charge in [-0.1, -0.05) is 0 Å². The zero-order valence-electron chi connectivity index (χ0n) is 9.80. The number of nitrogens with zero attached hydrogens (tertiary/aromatic N) is 1. The van der Waals surface area contributed by atoms with Crippen molar-refractivity contribution in [3.63, 3.8) is 0 Å². The van der Waals surface area contributed by atoms with E-state index in [1.54, 1.807) is 6.92 Å². The number of alkyl halides is 5. The second-order valence-corrected chi connectivity index (χ2v) is 3.56. The van der Waals surface area contributed by atoms with Gasteiger partial charge in [0.1, 0.15) is 0 Å². The van der Waals surface area contributed by atoms with Gasteiger partial charge in [0.15, 0.2) is 5.69 Å². The Kier molecular flexibility index (Phi) is 4.79. The van der Waals surface area contributed by atoms with Crippen LogP contribution < -0.4 is 0 Å². The second-order valence-electron chi connectivity index (χ2n) is 3.56. The molecular formula is C11H10F5NO2. The molecule has 0 amide bonds. The van der Waals surface area contributed by atoms with Crippen LogP contribution in [0.1, 0.15) is 30.2 Å². The molecule has 0 radical (unpaired) electrons. The summed E-state index contributed by atoms with van der Waals surface area (Å²) in [7, 11) is 0. The SMILES string of the molecule is CCOC(=O)Cc1cnc(C(F)(F)F)c(C(F)F)c1. The summed E-state index contributed by atoms with van der Waals surface area (Å²) in [5.74, 6) is -0.718. The van der Waals surface area contributed by atoms with Crippen molar-refractivity contribution in [2.75, 3.05) is 6.61 Å². The van der Waals surface area contributed by atoms with Crippen LogP contribution in [0.25, 0.3) is 0 Å². The predicted octanol–water partition coefficient (Wildman–Crippen LogP) is 3.14. The lowest BCUT2D eigenvalue weighted by atomic mass is 10.1. The first-order valence-electron chi connectivity index (χ1n) is 5.25. The van der Waals surface area contributed by atoms with Crippen LogP contribution in [0.15, 0.2) is 12.3 Å². The molecule has 1 rings (SSSR count). The molecule has 0 aliphatic carbocycles. The lowest BCUT2D eigenvalue weighted by Crippen LogP contribution is -2.14. The highest BCUT2D eigenvalue weighted by atomic mass is 19.4. The van der Waals surface area contributed by atoms with Crippen molar-refractivity contribution in [2.24, 2.45) is 0 Å². The molecule has 0 aliphatic rings. The van der Waals surface area contributed by atoms with Gasteiger partial charge in [-0.15, -0.1) is 0 Å². The molecule has 1 aromatic heterocycles. The number of carbonyl (C=O) groups excluding carboxylic acids is 1. The van der Waals surface area contributed by atoms with Gasteiger partial charge in [-0.2, -0.15) is 13.2 Å². The summed E-state index contributed by atoms with van der Waals surface area (Å²) in [4.78, 5) is 14.1. The van der Waals surface area contributed by atoms with Gasteiger partial charge in [0.05, 0.1) is 13.0 Å². The number of carbonyl (C=O) groups is 1. The van der Waals surface area contributed by atoms with Gasteiger partial charge in [0.2, 0.25) is 0 Å². The van der Waals surface area contributed by atoms with E-state index in [0.29, 0.717) is 6.07 Å². The molecule has 0 N–H and O–H groups in total. The Morgan fingerprint density at radius 3 is 2.53 bits per heavy atom. The first kappa shape index (κ1) is 15.3. The molecule has 0 saturated carbocycles. The van der Waals surface area contributed by atoms with Gasteiger partial charge < -0.3 is 4.74 Å². The first-order valence-corrected chi connectivity index (χ1v) is 5.25. The molecule has 3 nitrogen and oxygen atoms in total. The first-order chi connectivity index (χ1) is 8.75. The largest absolute Gasteiger partial charge is 0.466 e. The summed E-state index contributed by atoms with van der Waals surface area (Å²) >= 11 is 0. The molecule has 1 heterocycles. The maximum Gasteiger partial charge on any atom is 0.433 e. The molecule has 0 spiro atoms. The van der Waals surface area contributed by atoms with E-state index in [2.05, 4.69) is 9.72 Å². The molecule has 0 atom stereocenters. The van der Waals surface area contributed by atoms with Crippen LogP contribution in [0.5, 0.6) is 0 Å². The van der Waals surface area contributed by atoms with Gasteiger partial charge in [-0.3, -0.25) is 9.78 Å². The molecule has 106 valence electrons. The van der Waals surface area contributed by atoms with Gasteiger partial charge in [-0.05, 0) is 18.6 Å². The number of rotatable bonds is 4. The van der Waals surface area contributed by atoms with E-state index in [4.69, 9.17) is 0 Å². The van der Waals surface area contributed by atoms with E-state index in [1.807, 2.05) is 0 Å². The highest BCUT2D eigenvalue weighted by molar-refractivity contribution is 5.72. The van der Waals surface area contributed by atoms with Gasteiger partial charge >= 0.3 is 12.1 Å². The smallest absolute Gasteiger partial charge is 0.433 e. The standard InChI is InChI=1S/C11H10F5NO2/c1-2-19-8(18)4-6-3-7(10(12)13)9(17-5-6)11(14,15)16/h3,5,10H,2,4H2,1H3. The van der Waals surface area contributed by atoms with Crippen LogP contribution in [0.4, 0.5) is 22.0 Å². The fraction of sp³-hybridized carbons (Fsp3) is 0.455. The molecule has 0 saturated heterocycles. The molecule has 8 heteroatoms. The Bertz CT molecular complexity index is 459. The van der Waals surface area contributed by atoms with Crippen LogP contribution in [0, 0.1) is 0 Å². The van der Waals surface area contributed by atoms with Crippen LogP contribution in [-0.4, -0.2) is 17.6 Å². The second kappa shape index (κ2) is 5.94. The van der Waals surface area contributed by atoms with E-state index < -0.39 is 36.2 Å². The van der Waals surface area contributed by atoms with Crippen LogP contribution in [0.2, 0.25) is 0 Å². The minimum atomic E-state index is -4.96. The minimum Gasteiger partial charge on any atom is -0.466 e. The highest BCUT2D eigenvalue weighted by Crippen LogP contribution is 2.35. The number of hydrogen-bond donors (Lipinski definition) is 0. The van der Waals surface area contributed by atoms with Crippen molar-refractivity contribution in [1.29, 1.82) is 0 Å². The molecular weight excluding hydrogens is 273 g/mol. The predicted molar refractivity (Wildman–Crippen MR) is 54.5 cm³/mol. The Labute approximate surface area is 105 Å². The maximum absolute atomic E-state index is 12.6. The molecule has 0 unspecified atom stereocenters. The zero-order valence-corrected chi connectivity index (χ0v) is 9.80. The Balaban J connectivity index is 3.07. The molecule has 19 heavy (non-hydrogen) atoms. The van der Waals surface area contributed by atoms with Gasteiger partial charge in [0, 0.05) is 11.8 Å². The third kappa shape index (κ3) is 4.15. The van der Waals surface area contributed by atoms with Gasteiger partial charge in [0.25, 0.3) is 6.43 Å². The summed E-state index contributed by atoms with van der Waals surface area (Å²) in [6.45, 7) is 1.64. The zero-order chi connectivity index (χ0) is 14.6. The van der Waals surface area contributed by atoms with Crippen molar-refractivity contribution < 1.29 is 31.5 Å². The Morgan fingerprint density at radius 1 is 1.42 bits per heavy atom. The average molecular weight is 283 g/mol. The van der Waals surface area contributed by atoms with Gasteiger partial charge in [-0.25, -0.2) is 8.78 Å². The molecule has 0 aromatic carbocycles. The van der Waals surface area contributed by atoms with Crippen molar-refractivity contribution in [2.45, 2.75) is 25.9 Å². The third-order valence-corrected chi connectivity index (χ3v) is 2.13. The number of halogens is 5.